The lowest BCUT2D eigenvalue weighted by molar-refractivity contribution is 0.414. The highest BCUT2D eigenvalue weighted by atomic mass is 16.5. The van der Waals surface area contributed by atoms with Crippen molar-refractivity contribution in [1.82, 2.24) is 9.97 Å². The van der Waals surface area contributed by atoms with E-state index in [1.165, 1.54) is 5.56 Å². The maximum atomic E-state index is 5.16. The molecule has 0 unspecified atom stereocenters. The molecule has 5 nitrogen and oxygen atoms in total. The van der Waals surface area contributed by atoms with E-state index in [1.807, 2.05) is 37.3 Å². The predicted octanol–water partition coefficient (Wildman–Crippen LogP) is 3.47. The van der Waals surface area contributed by atoms with Crippen molar-refractivity contribution in [2.24, 2.45) is 5.92 Å². The summed E-state index contributed by atoms with van der Waals surface area (Å²) in [7, 11) is 1.67. The van der Waals surface area contributed by atoms with Crippen LogP contribution >= 0.6 is 0 Å². The van der Waals surface area contributed by atoms with Gasteiger partial charge in [0, 0.05) is 19.2 Å². The second kappa shape index (κ2) is 7.64. The molecule has 0 aliphatic heterocycles. The van der Waals surface area contributed by atoms with Gasteiger partial charge >= 0.3 is 0 Å². The summed E-state index contributed by atoms with van der Waals surface area (Å²) in [5, 5.41) is 6.67. The molecule has 0 radical (unpaired) electrons. The fourth-order valence-corrected chi connectivity index (χ4v) is 1.99. The van der Waals surface area contributed by atoms with E-state index in [4.69, 9.17) is 4.74 Å². The van der Waals surface area contributed by atoms with Crippen LogP contribution in [0.15, 0.2) is 30.3 Å². The zero-order chi connectivity index (χ0) is 15.9. The highest BCUT2D eigenvalue weighted by Gasteiger charge is 2.03. The Bertz CT molecular complexity index is 596. The summed E-state index contributed by atoms with van der Waals surface area (Å²) < 4.78 is 5.16. The number of aromatic nitrogens is 2. The number of nitrogens with zero attached hydrogens (tertiary/aromatic N) is 2. The van der Waals surface area contributed by atoms with Crippen molar-refractivity contribution in [2.75, 3.05) is 24.3 Å². The smallest absolute Gasteiger partial charge is 0.132 e. The van der Waals surface area contributed by atoms with Crippen molar-refractivity contribution in [3.63, 3.8) is 0 Å². The number of methoxy groups -OCH3 is 1. The minimum Gasteiger partial charge on any atom is -0.497 e. The summed E-state index contributed by atoms with van der Waals surface area (Å²) in [4.78, 5) is 8.83. The van der Waals surface area contributed by atoms with Gasteiger partial charge < -0.3 is 15.4 Å². The van der Waals surface area contributed by atoms with Crippen LogP contribution in [0.3, 0.4) is 0 Å². The van der Waals surface area contributed by atoms with Crippen LogP contribution in [0.2, 0.25) is 0 Å². The number of anilines is 2. The second-order valence-electron chi connectivity index (χ2n) is 5.66. The maximum Gasteiger partial charge on any atom is 0.132 e. The first-order chi connectivity index (χ1) is 10.6. The molecule has 0 saturated carbocycles. The molecule has 0 aliphatic rings. The molecule has 5 heteroatoms. The molecular formula is C17H24N4O. The standard InChI is InChI=1S/C17H24N4O/c1-12(2)10-18-16-9-17(21-13(3)20-16)19-11-14-5-7-15(22-4)8-6-14/h5-9,12H,10-11H2,1-4H3,(H2,18,19,20,21). The van der Waals surface area contributed by atoms with Gasteiger partial charge in [-0.15, -0.1) is 0 Å². The number of rotatable bonds is 7. The molecule has 118 valence electrons. The highest BCUT2D eigenvalue weighted by molar-refractivity contribution is 5.48. The molecular weight excluding hydrogens is 276 g/mol. The summed E-state index contributed by atoms with van der Waals surface area (Å²) in [5.41, 5.74) is 1.17. The van der Waals surface area contributed by atoms with E-state index in [1.54, 1.807) is 7.11 Å². The number of nitrogens with one attached hydrogen (secondary N) is 2. The van der Waals surface area contributed by atoms with E-state index in [-0.39, 0.29) is 0 Å². The first kappa shape index (κ1) is 16.1. The molecule has 0 spiro atoms. The third-order valence-corrected chi connectivity index (χ3v) is 3.16. The lowest BCUT2D eigenvalue weighted by atomic mass is 10.2. The van der Waals surface area contributed by atoms with Gasteiger partial charge in [0.25, 0.3) is 0 Å². The molecule has 2 N–H and O–H groups in total. The van der Waals surface area contributed by atoms with Crippen LogP contribution in [0.25, 0.3) is 0 Å². The van der Waals surface area contributed by atoms with Crippen LogP contribution in [0.5, 0.6) is 5.75 Å². The van der Waals surface area contributed by atoms with Gasteiger partial charge in [0.2, 0.25) is 0 Å². The van der Waals surface area contributed by atoms with Crippen molar-refractivity contribution in [3.05, 3.63) is 41.7 Å². The number of hydrogen-bond acceptors (Lipinski definition) is 5. The second-order valence-corrected chi connectivity index (χ2v) is 5.66. The average Bonchev–Trinajstić information content (AvgIpc) is 2.51. The first-order valence-electron chi connectivity index (χ1n) is 7.53. The van der Waals surface area contributed by atoms with E-state index < -0.39 is 0 Å². The number of benzene rings is 1. The van der Waals surface area contributed by atoms with E-state index in [0.717, 1.165) is 29.8 Å². The number of hydrogen-bond donors (Lipinski definition) is 2. The van der Waals surface area contributed by atoms with Crippen molar-refractivity contribution >= 4 is 11.6 Å². The van der Waals surface area contributed by atoms with Crippen LogP contribution in [0, 0.1) is 12.8 Å². The SMILES string of the molecule is COc1ccc(CNc2cc(NCC(C)C)nc(C)n2)cc1. The largest absolute Gasteiger partial charge is 0.497 e. The Balaban J connectivity index is 1.99. The normalized spacial score (nSPS) is 10.6. The van der Waals surface area contributed by atoms with E-state index in [0.29, 0.717) is 12.5 Å². The summed E-state index contributed by atoms with van der Waals surface area (Å²) >= 11 is 0. The van der Waals surface area contributed by atoms with Crippen LogP contribution in [0.1, 0.15) is 25.2 Å². The van der Waals surface area contributed by atoms with Crippen molar-refractivity contribution in [3.8, 4) is 5.75 Å². The maximum absolute atomic E-state index is 5.16. The molecule has 2 rings (SSSR count). The summed E-state index contributed by atoms with van der Waals surface area (Å²) in [5.74, 6) is 3.88. The Morgan fingerprint density at radius 1 is 1.05 bits per heavy atom. The van der Waals surface area contributed by atoms with E-state index in [9.17, 15) is 0 Å². The van der Waals surface area contributed by atoms with Gasteiger partial charge in [0.1, 0.15) is 23.2 Å². The monoisotopic (exact) mass is 300 g/mol. The van der Waals surface area contributed by atoms with Gasteiger partial charge in [0.15, 0.2) is 0 Å². The third kappa shape index (κ3) is 4.91. The minimum atomic E-state index is 0.575. The number of aryl methyl sites for hydroxylation is 1. The minimum absolute atomic E-state index is 0.575. The number of ether oxygens (including phenoxy) is 1. The topological polar surface area (TPSA) is 59.1 Å². The zero-order valence-electron chi connectivity index (χ0n) is 13.7. The lowest BCUT2D eigenvalue weighted by Crippen LogP contribution is -2.11. The summed E-state index contributed by atoms with van der Waals surface area (Å²) in [6.45, 7) is 7.85. The molecule has 0 bridgehead atoms. The molecule has 0 atom stereocenters. The Morgan fingerprint density at radius 2 is 1.68 bits per heavy atom. The molecule has 0 amide bonds. The molecule has 1 heterocycles. The molecule has 1 aromatic heterocycles. The molecule has 0 saturated heterocycles. The average molecular weight is 300 g/mol. The predicted molar refractivity (Wildman–Crippen MR) is 90.4 cm³/mol. The highest BCUT2D eigenvalue weighted by Crippen LogP contribution is 2.15. The van der Waals surface area contributed by atoms with Crippen LogP contribution in [-0.2, 0) is 6.54 Å². The zero-order valence-corrected chi connectivity index (χ0v) is 13.7. The Morgan fingerprint density at radius 3 is 2.27 bits per heavy atom. The van der Waals surface area contributed by atoms with Gasteiger partial charge in [-0.1, -0.05) is 26.0 Å². The van der Waals surface area contributed by atoms with Gasteiger partial charge in [-0.3, -0.25) is 0 Å². The first-order valence-corrected chi connectivity index (χ1v) is 7.53. The quantitative estimate of drug-likeness (QED) is 0.820. The molecule has 22 heavy (non-hydrogen) atoms. The van der Waals surface area contributed by atoms with Gasteiger partial charge in [-0.25, -0.2) is 9.97 Å². The van der Waals surface area contributed by atoms with E-state index >= 15 is 0 Å². The Kier molecular flexibility index (Phi) is 5.58. The van der Waals surface area contributed by atoms with E-state index in [2.05, 4.69) is 34.4 Å². The summed E-state index contributed by atoms with van der Waals surface area (Å²) in [6, 6.07) is 9.93. The van der Waals surface area contributed by atoms with Crippen molar-refractivity contribution in [2.45, 2.75) is 27.3 Å². The van der Waals surface area contributed by atoms with Gasteiger partial charge in [-0.05, 0) is 30.5 Å². The Hall–Kier alpha value is -2.30. The summed E-state index contributed by atoms with van der Waals surface area (Å²) in [6.07, 6.45) is 0. The fraction of sp³-hybridized carbons (Fsp3) is 0.412. The van der Waals surface area contributed by atoms with Crippen LogP contribution in [-0.4, -0.2) is 23.6 Å². The lowest BCUT2D eigenvalue weighted by Gasteiger charge is -2.11. The van der Waals surface area contributed by atoms with Crippen molar-refractivity contribution < 1.29 is 4.74 Å². The van der Waals surface area contributed by atoms with Gasteiger partial charge in [-0.2, -0.15) is 0 Å². The van der Waals surface area contributed by atoms with Crippen LogP contribution in [0.4, 0.5) is 11.6 Å². The van der Waals surface area contributed by atoms with Crippen molar-refractivity contribution in [1.29, 1.82) is 0 Å². The fourth-order valence-electron chi connectivity index (χ4n) is 1.99. The molecule has 2 aromatic rings. The molecule has 1 aromatic carbocycles. The van der Waals surface area contributed by atoms with Gasteiger partial charge in [0.05, 0.1) is 7.11 Å². The van der Waals surface area contributed by atoms with Crippen LogP contribution < -0.4 is 15.4 Å². The molecule has 0 fully saturated rings. The molecule has 0 aliphatic carbocycles. The Labute approximate surface area is 132 Å². The third-order valence-electron chi connectivity index (χ3n) is 3.16.